The predicted octanol–water partition coefficient (Wildman–Crippen LogP) is 2.96. The molecule has 2 aromatic rings. The third kappa shape index (κ3) is 3.31. The van der Waals surface area contributed by atoms with Crippen LogP contribution in [0.15, 0.2) is 36.7 Å². The van der Waals surface area contributed by atoms with Crippen molar-refractivity contribution in [3.05, 3.63) is 59.4 Å². The number of carbonyl (C=O) groups is 1. The van der Waals surface area contributed by atoms with Gasteiger partial charge in [0.1, 0.15) is 23.5 Å². The summed E-state index contributed by atoms with van der Waals surface area (Å²) < 4.78 is 33.3. The van der Waals surface area contributed by atoms with E-state index in [0.717, 1.165) is 12.1 Å². The lowest BCUT2D eigenvalue weighted by Gasteiger charge is -2.18. The van der Waals surface area contributed by atoms with Crippen LogP contribution in [0.4, 0.5) is 8.78 Å². The van der Waals surface area contributed by atoms with Crippen molar-refractivity contribution in [1.82, 2.24) is 9.88 Å². The van der Waals surface area contributed by atoms with Gasteiger partial charge in [0.15, 0.2) is 0 Å². The van der Waals surface area contributed by atoms with Crippen molar-refractivity contribution in [2.45, 2.75) is 19.4 Å². The van der Waals surface area contributed by atoms with Gasteiger partial charge in [0.05, 0.1) is 18.3 Å². The number of aromatic nitrogens is 1. The van der Waals surface area contributed by atoms with Gasteiger partial charge in [-0.05, 0) is 36.8 Å². The first-order valence-corrected chi connectivity index (χ1v) is 7.36. The van der Waals surface area contributed by atoms with Crippen molar-refractivity contribution in [2.24, 2.45) is 0 Å². The fourth-order valence-electron chi connectivity index (χ4n) is 2.60. The summed E-state index contributed by atoms with van der Waals surface area (Å²) in [6.45, 7) is 2.24. The molecule has 1 saturated heterocycles. The Morgan fingerprint density at radius 2 is 2.17 bits per heavy atom. The Morgan fingerprint density at radius 1 is 1.35 bits per heavy atom. The minimum Gasteiger partial charge on any atom is -0.487 e. The molecule has 0 spiro atoms. The molecule has 1 fully saturated rings. The molecule has 0 radical (unpaired) electrons. The van der Waals surface area contributed by atoms with Gasteiger partial charge in [0.2, 0.25) is 0 Å². The van der Waals surface area contributed by atoms with E-state index in [1.165, 1.54) is 11.8 Å². The van der Waals surface area contributed by atoms with Crippen LogP contribution in [0.3, 0.4) is 0 Å². The molecule has 6 heteroatoms. The van der Waals surface area contributed by atoms with Gasteiger partial charge in [0.25, 0.3) is 5.91 Å². The minimum atomic E-state index is -0.703. The molecule has 0 bridgehead atoms. The lowest BCUT2D eigenvalue weighted by Crippen LogP contribution is -2.31. The summed E-state index contributed by atoms with van der Waals surface area (Å²) in [6, 6.07) is 5.55. The lowest BCUT2D eigenvalue weighted by molar-refractivity contribution is 0.0767. The highest BCUT2D eigenvalue weighted by Gasteiger charge is 2.30. The maximum Gasteiger partial charge on any atom is 0.257 e. The molecule has 1 unspecified atom stereocenters. The summed E-state index contributed by atoms with van der Waals surface area (Å²) in [5, 5.41) is 0. The maximum absolute atomic E-state index is 13.9. The second-order valence-electron chi connectivity index (χ2n) is 5.55. The van der Waals surface area contributed by atoms with E-state index in [2.05, 4.69) is 4.98 Å². The zero-order valence-corrected chi connectivity index (χ0v) is 12.6. The van der Waals surface area contributed by atoms with Gasteiger partial charge in [-0.1, -0.05) is 0 Å². The number of carbonyl (C=O) groups excluding carboxylic acids is 1. The highest BCUT2D eigenvalue weighted by molar-refractivity contribution is 5.94. The van der Waals surface area contributed by atoms with Crippen LogP contribution in [0.25, 0.3) is 0 Å². The Balaban J connectivity index is 1.69. The molecule has 1 amide bonds. The zero-order chi connectivity index (χ0) is 16.4. The van der Waals surface area contributed by atoms with Gasteiger partial charge in [-0.2, -0.15) is 0 Å². The molecule has 3 rings (SSSR count). The predicted molar refractivity (Wildman–Crippen MR) is 80.3 cm³/mol. The lowest BCUT2D eigenvalue weighted by atomic mass is 10.1. The molecule has 0 aliphatic carbocycles. The number of likely N-dealkylation sites (tertiary alicyclic amines) is 1. The van der Waals surface area contributed by atoms with Crippen LogP contribution in [0.2, 0.25) is 0 Å². The molecule has 23 heavy (non-hydrogen) atoms. The monoisotopic (exact) mass is 318 g/mol. The third-order valence-corrected chi connectivity index (χ3v) is 3.85. The summed E-state index contributed by atoms with van der Waals surface area (Å²) in [5.74, 6) is -1.18. The number of halogens is 2. The molecule has 2 heterocycles. The highest BCUT2D eigenvalue weighted by Crippen LogP contribution is 2.21. The molecule has 1 aliphatic heterocycles. The largest absolute Gasteiger partial charge is 0.487 e. The van der Waals surface area contributed by atoms with Crippen LogP contribution < -0.4 is 4.74 Å². The number of hydrogen-bond acceptors (Lipinski definition) is 3. The van der Waals surface area contributed by atoms with Crippen LogP contribution in [0.5, 0.6) is 5.75 Å². The van der Waals surface area contributed by atoms with E-state index in [4.69, 9.17) is 4.74 Å². The first kappa shape index (κ1) is 15.4. The summed E-state index contributed by atoms with van der Waals surface area (Å²) >= 11 is 0. The van der Waals surface area contributed by atoms with Gasteiger partial charge in [0, 0.05) is 19.2 Å². The van der Waals surface area contributed by atoms with Crippen molar-refractivity contribution < 1.29 is 18.3 Å². The molecule has 0 saturated carbocycles. The van der Waals surface area contributed by atoms with Crippen molar-refractivity contribution in [3.63, 3.8) is 0 Å². The third-order valence-electron chi connectivity index (χ3n) is 3.85. The molecule has 4 nitrogen and oxygen atoms in total. The maximum atomic E-state index is 13.9. The number of nitrogens with zero attached hydrogens (tertiary/aromatic N) is 2. The molecule has 0 N–H and O–H groups in total. The number of rotatable bonds is 3. The smallest absolute Gasteiger partial charge is 0.257 e. The van der Waals surface area contributed by atoms with Crippen LogP contribution in [0, 0.1) is 18.6 Å². The quantitative estimate of drug-likeness (QED) is 0.874. The summed E-state index contributed by atoms with van der Waals surface area (Å²) in [7, 11) is 0. The Bertz CT molecular complexity index is 722. The number of hydrogen-bond donors (Lipinski definition) is 0. The van der Waals surface area contributed by atoms with E-state index in [1.807, 2.05) is 0 Å². The van der Waals surface area contributed by atoms with Crippen molar-refractivity contribution in [2.75, 3.05) is 13.1 Å². The Hall–Kier alpha value is -2.50. The molecule has 1 aromatic heterocycles. The van der Waals surface area contributed by atoms with Gasteiger partial charge in [-0.3, -0.25) is 9.78 Å². The van der Waals surface area contributed by atoms with Gasteiger partial charge in [-0.15, -0.1) is 0 Å². The van der Waals surface area contributed by atoms with E-state index in [0.29, 0.717) is 25.3 Å². The van der Waals surface area contributed by atoms with Crippen LogP contribution in [0.1, 0.15) is 22.3 Å². The fraction of sp³-hybridized carbons (Fsp3) is 0.294. The second kappa shape index (κ2) is 6.32. The Kier molecular flexibility index (Phi) is 4.23. The van der Waals surface area contributed by atoms with Crippen molar-refractivity contribution >= 4 is 5.91 Å². The number of ether oxygens (including phenoxy) is 1. The summed E-state index contributed by atoms with van der Waals surface area (Å²) in [5.41, 5.74) is -0.0617. The normalized spacial score (nSPS) is 17.3. The summed E-state index contributed by atoms with van der Waals surface area (Å²) in [4.78, 5) is 17.8. The van der Waals surface area contributed by atoms with E-state index in [1.54, 1.807) is 24.5 Å². The number of aryl methyl sites for hydroxylation is 1. The fourth-order valence-corrected chi connectivity index (χ4v) is 2.60. The topological polar surface area (TPSA) is 42.4 Å². The first-order valence-electron chi connectivity index (χ1n) is 7.36. The van der Waals surface area contributed by atoms with Crippen LogP contribution in [-0.2, 0) is 0 Å². The van der Waals surface area contributed by atoms with Crippen molar-refractivity contribution in [1.29, 1.82) is 0 Å². The summed E-state index contributed by atoms with van der Waals surface area (Å²) in [6.07, 6.45) is 3.70. The molecule has 1 atom stereocenters. The van der Waals surface area contributed by atoms with E-state index in [9.17, 15) is 13.6 Å². The molecule has 1 aliphatic rings. The molecular weight excluding hydrogens is 302 g/mol. The standard InChI is InChI=1S/C17H16F2N2O2/c1-11-7-16(19)14(8-15(11)18)17(22)21-6-4-13(10-21)23-12-3-2-5-20-9-12/h2-3,5,7-9,13H,4,6,10H2,1H3. The highest BCUT2D eigenvalue weighted by atomic mass is 19.1. The second-order valence-corrected chi connectivity index (χ2v) is 5.55. The average molecular weight is 318 g/mol. The number of pyridine rings is 1. The molecule has 120 valence electrons. The van der Waals surface area contributed by atoms with Crippen LogP contribution in [-0.4, -0.2) is 35.0 Å². The van der Waals surface area contributed by atoms with E-state index in [-0.39, 0.29) is 17.2 Å². The van der Waals surface area contributed by atoms with Gasteiger partial charge in [-0.25, -0.2) is 8.78 Å². The van der Waals surface area contributed by atoms with Gasteiger partial charge >= 0.3 is 0 Å². The zero-order valence-electron chi connectivity index (χ0n) is 12.6. The van der Waals surface area contributed by atoms with Crippen LogP contribution >= 0.6 is 0 Å². The average Bonchev–Trinajstić information content (AvgIpc) is 3.00. The Morgan fingerprint density at radius 3 is 2.91 bits per heavy atom. The number of amides is 1. The van der Waals surface area contributed by atoms with Gasteiger partial charge < -0.3 is 9.64 Å². The van der Waals surface area contributed by atoms with Crippen molar-refractivity contribution in [3.8, 4) is 5.75 Å². The first-order chi connectivity index (χ1) is 11.0. The number of benzene rings is 1. The Labute approximate surface area is 132 Å². The molecule has 1 aromatic carbocycles. The SMILES string of the molecule is Cc1cc(F)c(C(=O)N2CCC(Oc3cccnc3)C2)cc1F. The van der Waals surface area contributed by atoms with E-state index < -0.39 is 17.5 Å². The molecular formula is C17H16F2N2O2. The van der Waals surface area contributed by atoms with E-state index >= 15 is 0 Å². The minimum absolute atomic E-state index is 0.179.